The third-order valence-electron chi connectivity index (χ3n) is 1.68. The Morgan fingerprint density at radius 2 is 2.36 bits per heavy atom. The van der Waals surface area contributed by atoms with Crippen molar-refractivity contribution < 1.29 is 10.0 Å². The van der Waals surface area contributed by atoms with Crippen LogP contribution in [0.2, 0.25) is 0 Å². The van der Waals surface area contributed by atoms with Crippen LogP contribution in [0.5, 0.6) is 0 Å². The highest BCUT2D eigenvalue weighted by atomic mass is 32.2. The quantitative estimate of drug-likeness (QED) is 0.360. The van der Waals surface area contributed by atoms with E-state index in [1.807, 2.05) is 0 Å². The molecule has 1 aromatic rings. The molecule has 0 radical (unpaired) electrons. The molecule has 1 atom stereocenters. The molecule has 0 bridgehead atoms. The van der Waals surface area contributed by atoms with Crippen LogP contribution in [-0.4, -0.2) is 15.9 Å². The van der Waals surface area contributed by atoms with Crippen molar-refractivity contribution in [3.63, 3.8) is 0 Å². The number of rotatable bonds is 4. The Morgan fingerprint density at radius 1 is 1.64 bits per heavy atom. The molecule has 0 aliphatic carbocycles. The monoisotopic (exact) mass is 213 g/mol. The smallest absolute Gasteiger partial charge is 0.253 e. The van der Waals surface area contributed by atoms with Crippen LogP contribution in [-0.2, 0) is 0 Å². The Labute approximate surface area is 86.1 Å². The molecule has 0 aromatic heterocycles. The van der Waals surface area contributed by atoms with E-state index in [1.54, 1.807) is 31.2 Å². The van der Waals surface area contributed by atoms with Crippen LogP contribution in [0.15, 0.2) is 29.2 Å². The molecule has 1 N–H and O–H groups in total. The molecule has 0 spiro atoms. The Morgan fingerprint density at radius 3 is 2.93 bits per heavy atom. The zero-order chi connectivity index (χ0) is 10.6. The highest BCUT2D eigenvalue weighted by Gasteiger charge is 2.04. The number of nitro groups is 1. The molecule has 0 aliphatic rings. The van der Waals surface area contributed by atoms with E-state index >= 15 is 0 Å². The second-order valence-electron chi connectivity index (χ2n) is 2.85. The molecular formula is C9H11NO3S. The van der Waals surface area contributed by atoms with Crippen LogP contribution in [0.1, 0.15) is 18.6 Å². The highest BCUT2D eigenvalue weighted by molar-refractivity contribution is 7.99. The second kappa shape index (κ2) is 4.97. The minimum Gasteiger partial charge on any atom is -0.389 e. The summed E-state index contributed by atoms with van der Waals surface area (Å²) in [6, 6.07) is 7.13. The zero-order valence-corrected chi connectivity index (χ0v) is 8.53. The van der Waals surface area contributed by atoms with Crippen LogP contribution in [0.25, 0.3) is 0 Å². The summed E-state index contributed by atoms with van der Waals surface area (Å²) in [5.41, 5.74) is 0.776. The molecule has 1 aromatic carbocycles. The highest BCUT2D eigenvalue weighted by Crippen LogP contribution is 2.21. The maximum atomic E-state index is 10.1. The molecule has 0 saturated heterocycles. The van der Waals surface area contributed by atoms with Crippen molar-refractivity contribution >= 4 is 11.8 Å². The van der Waals surface area contributed by atoms with Gasteiger partial charge in [-0.3, -0.25) is 10.1 Å². The van der Waals surface area contributed by atoms with Gasteiger partial charge in [0, 0.05) is 9.82 Å². The van der Waals surface area contributed by atoms with Gasteiger partial charge in [-0.15, -0.1) is 0 Å². The fraction of sp³-hybridized carbons (Fsp3) is 0.333. The van der Waals surface area contributed by atoms with E-state index in [1.165, 1.54) is 0 Å². The zero-order valence-electron chi connectivity index (χ0n) is 7.71. The molecule has 0 heterocycles. The molecule has 76 valence electrons. The molecule has 0 saturated carbocycles. The fourth-order valence-electron chi connectivity index (χ4n) is 0.991. The maximum absolute atomic E-state index is 10.1. The van der Waals surface area contributed by atoms with Crippen LogP contribution in [0.3, 0.4) is 0 Å². The molecule has 14 heavy (non-hydrogen) atoms. The number of nitrogens with zero attached hydrogens (tertiary/aromatic N) is 1. The lowest BCUT2D eigenvalue weighted by molar-refractivity contribution is -0.456. The van der Waals surface area contributed by atoms with Gasteiger partial charge in [0.25, 0.3) is 5.88 Å². The Hall–Kier alpha value is -1.07. The van der Waals surface area contributed by atoms with Gasteiger partial charge in [-0.2, -0.15) is 0 Å². The second-order valence-corrected chi connectivity index (χ2v) is 3.87. The van der Waals surface area contributed by atoms with Gasteiger partial charge in [-0.1, -0.05) is 23.9 Å². The van der Waals surface area contributed by atoms with Gasteiger partial charge in [0.15, 0.2) is 0 Å². The Bertz CT molecular complexity index is 328. The topological polar surface area (TPSA) is 63.4 Å². The first kappa shape index (κ1) is 11.0. The van der Waals surface area contributed by atoms with Crippen LogP contribution < -0.4 is 0 Å². The van der Waals surface area contributed by atoms with Gasteiger partial charge >= 0.3 is 0 Å². The summed E-state index contributed by atoms with van der Waals surface area (Å²) in [5, 5.41) is 19.4. The predicted octanol–water partition coefficient (Wildman–Crippen LogP) is 2.07. The number of aliphatic hydroxyl groups is 1. The SMILES string of the molecule is CC(O)c1cccc(SC[N+](=O)[O-])c1. The van der Waals surface area contributed by atoms with Crippen molar-refractivity contribution in [2.75, 3.05) is 5.88 Å². The normalized spacial score (nSPS) is 12.4. The Kier molecular flexibility index (Phi) is 3.91. The summed E-state index contributed by atoms with van der Waals surface area (Å²) < 4.78 is 0. The first-order valence-corrected chi connectivity index (χ1v) is 5.11. The van der Waals surface area contributed by atoms with Crippen molar-refractivity contribution in [1.82, 2.24) is 0 Å². The Balaban J connectivity index is 2.68. The van der Waals surface area contributed by atoms with Gasteiger partial charge in [0.2, 0.25) is 0 Å². The van der Waals surface area contributed by atoms with Crippen molar-refractivity contribution in [3.05, 3.63) is 39.9 Å². The number of hydrogen-bond donors (Lipinski definition) is 1. The summed E-state index contributed by atoms with van der Waals surface area (Å²) >= 11 is 1.15. The number of aliphatic hydroxyl groups excluding tert-OH is 1. The lowest BCUT2D eigenvalue weighted by Crippen LogP contribution is -1.96. The number of thioether (sulfide) groups is 1. The molecule has 0 aliphatic heterocycles. The molecule has 4 nitrogen and oxygen atoms in total. The molecule has 1 rings (SSSR count). The minimum atomic E-state index is -0.536. The van der Waals surface area contributed by atoms with Crippen LogP contribution in [0, 0.1) is 10.1 Å². The van der Waals surface area contributed by atoms with E-state index in [2.05, 4.69) is 0 Å². The number of hydrogen-bond acceptors (Lipinski definition) is 4. The summed E-state index contributed by atoms with van der Waals surface area (Å²) in [7, 11) is 0. The van der Waals surface area contributed by atoms with Gasteiger partial charge in [0.05, 0.1) is 6.10 Å². The van der Waals surface area contributed by atoms with Crippen molar-refractivity contribution in [3.8, 4) is 0 Å². The van der Waals surface area contributed by atoms with Gasteiger partial charge in [0.1, 0.15) is 0 Å². The van der Waals surface area contributed by atoms with E-state index < -0.39 is 6.10 Å². The van der Waals surface area contributed by atoms with Crippen molar-refractivity contribution in [2.24, 2.45) is 0 Å². The maximum Gasteiger partial charge on any atom is 0.253 e. The molecule has 1 unspecified atom stereocenters. The third kappa shape index (κ3) is 3.35. The summed E-state index contributed by atoms with van der Waals surface area (Å²) in [6.07, 6.45) is -0.536. The average molecular weight is 213 g/mol. The van der Waals surface area contributed by atoms with Gasteiger partial charge in [-0.25, -0.2) is 0 Å². The van der Waals surface area contributed by atoms with E-state index in [-0.39, 0.29) is 10.8 Å². The van der Waals surface area contributed by atoms with Gasteiger partial charge in [-0.05, 0) is 24.6 Å². The lowest BCUT2D eigenvalue weighted by atomic mass is 10.1. The minimum absolute atomic E-state index is 0.150. The molecular weight excluding hydrogens is 202 g/mol. The van der Waals surface area contributed by atoms with Crippen LogP contribution in [0.4, 0.5) is 0 Å². The predicted molar refractivity (Wildman–Crippen MR) is 54.8 cm³/mol. The molecule has 5 heteroatoms. The van der Waals surface area contributed by atoms with E-state index in [9.17, 15) is 15.2 Å². The summed E-state index contributed by atoms with van der Waals surface area (Å²) in [4.78, 5) is 10.6. The standard InChI is InChI=1S/C9H11NO3S/c1-7(11)8-3-2-4-9(5-8)14-6-10(12)13/h2-5,7,11H,6H2,1H3. The van der Waals surface area contributed by atoms with E-state index in [0.717, 1.165) is 22.2 Å². The lowest BCUT2D eigenvalue weighted by Gasteiger charge is -2.05. The first-order valence-electron chi connectivity index (χ1n) is 4.12. The summed E-state index contributed by atoms with van der Waals surface area (Å²) in [6.45, 7) is 1.66. The van der Waals surface area contributed by atoms with E-state index in [4.69, 9.17) is 0 Å². The van der Waals surface area contributed by atoms with Crippen molar-refractivity contribution in [1.29, 1.82) is 0 Å². The largest absolute Gasteiger partial charge is 0.389 e. The first-order chi connectivity index (χ1) is 6.59. The third-order valence-corrected chi connectivity index (χ3v) is 2.60. The van der Waals surface area contributed by atoms with Crippen molar-refractivity contribution in [2.45, 2.75) is 17.9 Å². The van der Waals surface area contributed by atoms with Gasteiger partial charge < -0.3 is 5.11 Å². The molecule has 0 amide bonds. The average Bonchev–Trinajstić information content (AvgIpc) is 2.15. The van der Waals surface area contributed by atoms with Crippen LogP contribution >= 0.6 is 11.8 Å². The summed E-state index contributed by atoms with van der Waals surface area (Å²) in [5.74, 6) is -0.150. The van der Waals surface area contributed by atoms with E-state index in [0.29, 0.717) is 0 Å². The molecule has 0 fully saturated rings. The fourth-order valence-corrected chi connectivity index (χ4v) is 1.64. The number of benzene rings is 1.